The first-order valence-corrected chi connectivity index (χ1v) is 8.41. The molecule has 7 nitrogen and oxygen atoms in total. The van der Waals surface area contributed by atoms with Crippen LogP contribution in [-0.4, -0.2) is 50.9 Å². The summed E-state index contributed by atoms with van der Waals surface area (Å²) < 4.78 is 1.72. The monoisotopic (exact) mass is 329 g/mol. The number of piperidine rings is 1. The molecule has 128 valence electrons. The van der Waals surface area contributed by atoms with Gasteiger partial charge in [-0.15, -0.1) is 10.2 Å². The van der Waals surface area contributed by atoms with Crippen molar-refractivity contribution < 1.29 is 9.59 Å². The summed E-state index contributed by atoms with van der Waals surface area (Å²) >= 11 is 0. The van der Waals surface area contributed by atoms with Gasteiger partial charge in [-0.3, -0.25) is 14.0 Å². The minimum absolute atomic E-state index is 0.0175. The van der Waals surface area contributed by atoms with Crippen LogP contribution in [0.15, 0.2) is 24.7 Å². The Morgan fingerprint density at radius 3 is 3.04 bits per heavy atom. The summed E-state index contributed by atoms with van der Waals surface area (Å²) in [6.45, 7) is 5.95. The van der Waals surface area contributed by atoms with Crippen molar-refractivity contribution in [3.63, 3.8) is 0 Å². The molecule has 0 radical (unpaired) electrons. The molecular formula is C17H23N5O2. The molecule has 2 aromatic rings. The van der Waals surface area contributed by atoms with Crippen molar-refractivity contribution in [1.29, 1.82) is 0 Å². The number of aromatic nitrogens is 3. The second kappa shape index (κ2) is 6.98. The molecule has 0 saturated carbocycles. The van der Waals surface area contributed by atoms with Crippen molar-refractivity contribution in [3.05, 3.63) is 30.2 Å². The number of likely N-dealkylation sites (tertiary alicyclic amines) is 1. The van der Waals surface area contributed by atoms with Crippen molar-refractivity contribution in [1.82, 2.24) is 24.8 Å². The van der Waals surface area contributed by atoms with E-state index in [9.17, 15) is 9.59 Å². The number of carbonyl (C=O) groups is 2. The zero-order chi connectivity index (χ0) is 17.1. The Labute approximate surface area is 141 Å². The lowest BCUT2D eigenvalue weighted by molar-refractivity contribution is -0.136. The zero-order valence-corrected chi connectivity index (χ0v) is 14.1. The molecule has 7 heteroatoms. The molecule has 1 N–H and O–H groups in total. The van der Waals surface area contributed by atoms with Crippen LogP contribution in [0.5, 0.6) is 0 Å². The maximum atomic E-state index is 12.5. The van der Waals surface area contributed by atoms with Gasteiger partial charge in [0.25, 0.3) is 5.91 Å². The van der Waals surface area contributed by atoms with Crippen LogP contribution >= 0.6 is 0 Å². The van der Waals surface area contributed by atoms with Gasteiger partial charge in [0.2, 0.25) is 5.91 Å². The lowest BCUT2D eigenvalue weighted by Crippen LogP contribution is -2.45. The summed E-state index contributed by atoms with van der Waals surface area (Å²) in [6.07, 6.45) is 5.39. The minimum Gasteiger partial charge on any atom is -0.352 e. The van der Waals surface area contributed by atoms with Gasteiger partial charge >= 0.3 is 0 Å². The molecule has 3 rings (SSSR count). The maximum absolute atomic E-state index is 12.5. The van der Waals surface area contributed by atoms with E-state index in [1.807, 2.05) is 24.9 Å². The van der Waals surface area contributed by atoms with E-state index in [4.69, 9.17) is 0 Å². The molecule has 0 unspecified atom stereocenters. The van der Waals surface area contributed by atoms with Crippen LogP contribution in [0.3, 0.4) is 0 Å². The predicted octanol–water partition coefficient (Wildman–Crippen LogP) is 1.35. The summed E-state index contributed by atoms with van der Waals surface area (Å²) in [6, 6.07) is 3.55. The Morgan fingerprint density at radius 1 is 1.42 bits per heavy atom. The number of nitrogens with one attached hydrogen (secondary N) is 1. The number of nitrogens with zero attached hydrogens (tertiary/aromatic N) is 4. The highest BCUT2D eigenvalue weighted by Crippen LogP contribution is 2.18. The van der Waals surface area contributed by atoms with Crippen LogP contribution in [0.1, 0.15) is 37.0 Å². The SMILES string of the molecule is CC(C)C(=O)N1CCC[C@H](CNC(=O)c2cccn3cnnc23)C1. The highest BCUT2D eigenvalue weighted by atomic mass is 16.2. The summed E-state index contributed by atoms with van der Waals surface area (Å²) in [5.41, 5.74) is 1.07. The van der Waals surface area contributed by atoms with E-state index >= 15 is 0 Å². The molecule has 1 aliphatic heterocycles. The first-order valence-electron chi connectivity index (χ1n) is 8.41. The van der Waals surface area contributed by atoms with Gasteiger partial charge in [0.1, 0.15) is 6.33 Å². The van der Waals surface area contributed by atoms with Gasteiger partial charge in [-0.1, -0.05) is 13.8 Å². The van der Waals surface area contributed by atoms with Crippen molar-refractivity contribution in [2.24, 2.45) is 11.8 Å². The van der Waals surface area contributed by atoms with Crippen molar-refractivity contribution in [3.8, 4) is 0 Å². The molecule has 0 aromatic carbocycles. The molecular weight excluding hydrogens is 306 g/mol. The van der Waals surface area contributed by atoms with Crippen LogP contribution in [0, 0.1) is 11.8 Å². The summed E-state index contributed by atoms with van der Waals surface area (Å²) in [5.74, 6) is 0.354. The summed E-state index contributed by atoms with van der Waals surface area (Å²) in [5, 5.41) is 10.8. The summed E-state index contributed by atoms with van der Waals surface area (Å²) in [4.78, 5) is 26.5. The normalized spacial score (nSPS) is 18.1. The minimum atomic E-state index is -0.152. The second-order valence-electron chi connectivity index (χ2n) is 6.64. The van der Waals surface area contributed by atoms with Crippen LogP contribution in [0.4, 0.5) is 0 Å². The highest BCUT2D eigenvalue weighted by Gasteiger charge is 2.25. The largest absolute Gasteiger partial charge is 0.352 e. The molecule has 0 spiro atoms. The Kier molecular flexibility index (Phi) is 4.78. The quantitative estimate of drug-likeness (QED) is 0.918. The number of hydrogen-bond donors (Lipinski definition) is 1. The number of hydrogen-bond acceptors (Lipinski definition) is 4. The topological polar surface area (TPSA) is 79.6 Å². The van der Waals surface area contributed by atoms with Gasteiger partial charge in [-0.2, -0.15) is 0 Å². The fraction of sp³-hybridized carbons (Fsp3) is 0.529. The number of amides is 2. The van der Waals surface area contributed by atoms with Crippen LogP contribution in [0.25, 0.3) is 5.65 Å². The number of pyridine rings is 1. The van der Waals surface area contributed by atoms with Gasteiger partial charge in [-0.05, 0) is 30.9 Å². The van der Waals surface area contributed by atoms with E-state index in [1.165, 1.54) is 0 Å². The third kappa shape index (κ3) is 3.39. The van der Waals surface area contributed by atoms with Crippen LogP contribution < -0.4 is 5.32 Å². The molecule has 1 fully saturated rings. The van der Waals surface area contributed by atoms with Gasteiger partial charge < -0.3 is 10.2 Å². The fourth-order valence-corrected chi connectivity index (χ4v) is 3.16. The third-order valence-electron chi connectivity index (χ3n) is 4.44. The molecule has 0 bridgehead atoms. The number of fused-ring (bicyclic) bond motifs is 1. The van der Waals surface area contributed by atoms with Crippen molar-refractivity contribution in [2.75, 3.05) is 19.6 Å². The first-order chi connectivity index (χ1) is 11.6. The van der Waals surface area contributed by atoms with Crippen LogP contribution in [0.2, 0.25) is 0 Å². The third-order valence-corrected chi connectivity index (χ3v) is 4.44. The average Bonchev–Trinajstić information content (AvgIpc) is 3.07. The van der Waals surface area contributed by atoms with E-state index in [1.54, 1.807) is 22.9 Å². The molecule has 2 amide bonds. The lowest BCUT2D eigenvalue weighted by atomic mass is 9.97. The molecule has 1 saturated heterocycles. The van der Waals surface area contributed by atoms with Gasteiger partial charge in [0.15, 0.2) is 5.65 Å². The average molecular weight is 329 g/mol. The predicted molar refractivity (Wildman–Crippen MR) is 89.5 cm³/mol. The first kappa shape index (κ1) is 16.4. The van der Waals surface area contributed by atoms with E-state index in [0.717, 1.165) is 19.4 Å². The van der Waals surface area contributed by atoms with Gasteiger partial charge in [0.05, 0.1) is 5.56 Å². The fourth-order valence-electron chi connectivity index (χ4n) is 3.16. The molecule has 24 heavy (non-hydrogen) atoms. The Morgan fingerprint density at radius 2 is 2.25 bits per heavy atom. The highest BCUT2D eigenvalue weighted by molar-refractivity contribution is 5.99. The Balaban J connectivity index is 1.60. The molecule has 3 heterocycles. The van der Waals surface area contributed by atoms with E-state index in [0.29, 0.717) is 30.2 Å². The van der Waals surface area contributed by atoms with E-state index < -0.39 is 0 Å². The standard InChI is InChI=1S/C17H23N5O2/c1-12(2)17(24)21-7-3-5-13(10-21)9-18-16(23)14-6-4-8-22-11-19-20-15(14)22/h4,6,8,11-13H,3,5,7,9-10H2,1-2H3,(H,18,23)/t13-/m1/s1. The van der Waals surface area contributed by atoms with Gasteiger partial charge in [-0.25, -0.2) is 0 Å². The molecule has 1 atom stereocenters. The number of rotatable bonds is 4. The summed E-state index contributed by atoms with van der Waals surface area (Å²) in [7, 11) is 0. The second-order valence-corrected chi connectivity index (χ2v) is 6.64. The molecule has 0 aliphatic carbocycles. The smallest absolute Gasteiger partial charge is 0.255 e. The van der Waals surface area contributed by atoms with Gasteiger partial charge in [0, 0.05) is 31.7 Å². The molecule has 2 aromatic heterocycles. The van der Waals surface area contributed by atoms with Crippen LogP contribution in [-0.2, 0) is 4.79 Å². The van der Waals surface area contributed by atoms with E-state index in [-0.39, 0.29) is 17.7 Å². The zero-order valence-electron chi connectivity index (χ0n) is 14.1. The molecule has 1 aliphatic rings. The van der Waals surface area contributed by atoms with Crippen molar-refractivity contribution in [2.45, 2.75) is 26.7 Å². The number of carbonyl (C=O) groups excluding carboxylic acids is 2. The lowest BCUT2D eigenvalue weighted by Gasteiger charge is -2.34. The van der Waals surface area contributed by atoms with E-state index in [2.05, 4.69) is 15.5 Å². The maximum Gasteiger partial charge on any atom is 0.255 e. The van der Waals surface area contributed by atoms with Crippen molar-refractivity contribution >= 4 is 17.5 Å². The Bertz CT molecular complexity index is 739. The Hall–Kier alpha value is -2.44.